The van der Waals surface area contributed by atoms with Crippen LogP contribution < -0.4 is 4.74 Å². The third-order valence-electron chi connectivity index (χ3n) is 5.03. The molecule has 0 saturated heterocycles. The number of aromatic nitrogens is 2. The Balaban J connectivity index is 1.65. The van der Waals surface area contributed by atoms with Gasteiger partial charge in [-0.05, 0) is 43.2 Å². The van der Waals surface area contributed by atoms with Crippen molar-refractivity contribution in [1.82, 2.24) is 15.1 Å². The molecule has 0 atom stereocenters. The van der Waals surface area contributed by atoms with Crippen molar-refractivity contribution >= 4 is 17.2 Å². The normalized spacial score (nSPS) is 13.2. The second-order valence-electron chi connectivity index (χ2n) is 6.79. The maximum absolute atomic E-state index is 13.4. The number of carbonyl (C=O) groups excluding carboxylic acids is 1. The fourth-order valence-electron chi connectivity index (χ4n) is 3.64. The van der Waals surface area contributed by atoms with E-state index in [1.807, 2.05) is 40.6 Å². The van der Waals surface area contributed by atoms with Crippen LogP contribution >= 0.6 is 11.3 Å². The molecule has 5 nitrogen and oxygen atoms in total. The minimum Gasteiger partial charge on any atom is -0.496 e. The van der Waals surface area contributed by atoms with E-state index in [1.54, 1.807) is 18.4 Å². The van der Waals surface area contributed by atoms with Gasteiger partial charge in [0.25, 0.3) is 5.91 Å². The summed E-state index contributed by atoms with van der Waals surface area (Å²) in [5.74, 6) is 0.777. The number of methoxy groups -OCH3 is 1. The number of nitrogens with one attached hydrogen (secondary N) is 1. The van der Waals surface area contributed by atoms with Gasteiger partial charge in [-0.25, -0.2) is 0 Å². The van der Waals surface area contributed by atoms with Gasteiger partial charge in [0.1, 0.15) is 5.75 Å². The van der Waals surface area contributed by atoms with E-state index in [-0.39, 0.29) is 5.91 Å². The fourth-order valence-corrected chi connectivity index (χ4v) is 4.36. The minimum absolute atomic E-state index is 0.0197. The van der Waals surface area contributed by atoms with Crippen molar-refractivity contribution in [3.63, 3.8) is 0 Å². The zero-order valence-electron chi connectivity index (χ0n) is 15.4. The highest BCUT2D eigenvalue weighted by atomic mass is 32.1. The first-order chi connectivity index (χ1) is 13.3. The lowest BCUT2D eigenvalue weighted by molar-refractivity contribution is 0.0723. The first-order valence-corrected chi connectivity index (χ1v) is 10.1. The Morgan fingerprint density at radius 3 is 2.85 bits per heavy atom. The predicted molar refractivity (Wildman–Crippen MR) is 106 cm³/mol. The number of benzene rings is 1. The van der Waals surface area contributed by atoms with Crippen molar-refractivity contribution in [3.8, 4) is 5.75 Å². The number of carbonyl (C=O) groups is 1. The van der Waals surface area contributed by atoms with Crippen LogP contribution in [0.25, 0.3) is 0 Å². The molecule has 1 aliphatic rings. The Kier molecular flexibility index (Phi) is 5.25. The monoisotopic (exact) mass is 381 g/mol. The molecule has 0 aliphatic heterocycles. The highest BCUT2D eigenvalue weighted by molar-refractivity contribution is 7.09. The van der Waals surface area contributed by atoms with E-state index in [9.17, 15) is 4.79 Å². The maximum Gasteiger partial charge on any atom is 0.275 e. The second-order valence-corrected chi connectivity index (χ2v) is 7.82. The van der Waals surface area contributed by atoms with Crippen molar-refractivity contribution in [2.75, 3.05) is 7.11 Å². The fraction of sp³-hybridized carbons (Fsp3) is 0.333. The molecule has 1 amide bonds. The van der Waals surface area contributed by atoms with Crippen LogP contribution in [0.15, 0.2) is 41.8 Å². The van der Waals surface area contributed by atoms with Crippen LogP contribution in [0.2, 0.25) is 0 Å². The lowest BCUT2D eigenvalue weighted by Gasteiger charge is -2.23. The number of ether oxygens (including phenoxy) is 1. The van der Waals surface area contributed by atoms with E-state index in [4.69, 9.17) is 4.74 Å². The van der Waals surface area contributed by atoms with Gasteiger partial charge in [-0.2, -0.15) is 5.10 Å². The Morgan fingerprint density at radius 2 is 2.04 bits per heavy atom. The van der Waals surface area contributed by atoms with E-state index in [0.29, 0.717) is 18.8 Å². The number of nitrogens with zero attached hydrogens (tertiary/aromatic N) is 2. The van der Waals surface area contributed by atoms with Gasteiger partial charge in [-0.1, -0.05) is 24.3 Å². The summed E-state index contributed by atoms with van der Waals surface area (Å²) in [5, 5.41) is 9.51. The largest absolute Gasteiger partial charge is 0.496 e. The van der Waals surface area contributed by atoms with Crippen LogP contribution in [0, 0.1) is 0 Å². The van der Waals surface area contributed by atoms with Crippen LogP contribution in [0.1, 0.15) is 45.0 Å². The lowest BCUT2D eigenvalue weighted by Crippen LogP contribution is -2.31. The third-order valence-corrected chi connectivity index (χ3v) is 5.89. The molecule has 1 N–H and O–H groups in total. The summed E-state index contributed by atoms with van der Waals surface area (Å²) in [6.07, 6.45) is 4.18. The summed E-state index contributed by atoms with van der Waals surface area (Å²) in [6, 6.07) is 11.9. The van der Waals surface area contributed by atoms with Crippen LogP contribution in [0.3, 0.4) is 0 Å². The number of aromatic amines is 1. The Labute approximate surface area is 163 Å². The highest BCUT2D eigenvalue weighted by Crippen LogP contribution is 2.26. The van der Waals surface area contributed by atoms with E-state index >= 15 is 0 Å². The molecule has 1 aliphatic carbocycles. The van der Waals surface area contributed by atoms with Gasteiger partial charge in [-0.15, -0.1) is 11.3 Å². The van der Waals surface area contributed by atoms with Gasteiger partial charge in [0, 0.05) is 21.7 Å². The van der Waals surface area contributed by atoms with E-state index in [2.05, 4.69) is 16.3 Å². The topological polar surface area (TPSA) is 58.2 Å². The molecule has 1 aromatic carbocycles. The number of H-pyrrole nitrogens is 1. The van der Waals surface area contributed by atoms with Crippen molar-refractivity contribution in [2.24, 2.45) is 0 Å². The number of para-hydroxylation sites is 1. The molecule has 0 spiro atoms. The first kappa shape index (κ1) is 17.8. The van der Waals surface area contributed by atoms with Gasteiger partial charge in [-0.3, -0.25) is 9.89 Å². The van der Waals surface area contributed by atoms with Crippen LogP contribution in [-0.4, -0.2) is 28.1 Å². The zero-order valence-corrected chi connectivity index (χ0v) is 16.2. The van der Waals surface area contributed by atoms with Crippen molar-refractivity contribution in [2.45, 2.75) is 38.8 Å². The molecule has 0 unspecified atom stereocenters. The molecule has 0 bridgehead atoms. The number of aryl methyl sites for hydroxylation is 1. The average molecular weight is 382 g/mol. The number of thiophene rings is 1. The van der Waals surface area contributed by atoms with Crippen LogP contribution in [0.5, 0.6) is 5.75 Å². The van der Waals surface area contributed by atoms with Gasteiger partial charge < -0.3 is 9.64 Å². The Bertz CT molecular complexity index is 917. The number of rotatable bonds is 6. The second kappa shape index (κ2) is 7.96. The highest BCUT2D eigenvalue weighted by Gasteiger charge is 2.26. The molecule has 0 fully saturated rings. The van der Waals surface area contributed by atoms with E-state index in [1.165, 1.54) is 0 Å². The van der Waals surface area contributed by atoms with Gasteiger partial charge in [0.2, 0.25) is 0 Å². The standard InChI is InChI=1S/C21H23N3O2S/c1-26-19-11-5-2-7-15(19)13-24(14-16-8-6-12-27-16)21(25)20-17-9-3-4-10-18(17)22-23-20/h2,5-8,11-12H,3-4,9-10,13-14H2,1H3,(H,22,23). The molecular formula is C21H23N3O2S. The molecule has 27 heavy (non-hydrogen) atoms. The number of amides is 1. The van der Waals surface area contributed by atoms with Crippen LogP contribution in [-0.2, 0) is 25.9 Å². The SMILES string of the molecule is COc1ccccc1CN(Cc1cccs1)C(=O)c1n[nH]c2c1CCCC2. The maximum atomic E-state index is 13.4. The Hall–Kier alpha value is -2.60. The molecule has 4 rings (SSSR count). The van der Waals surface area contributed by atoms with Crippen LogP contribution in [0.4, 0.5) is 0 Å². The minimum atomic E-state index is -0.0197. The molecule has 140 valence electrons. The lowest BCUT2D eigenvalue weighted by atomic mass is 9.95. The van der Waals surface area contributed by atoms with Gasteiger partial charge >= 0.3 is 0 Å². The number of hydrogen-bond donors (Lipinski definition) is 1. The summed E-state index contributed by atoms with van der Waals surface area (Å²) < 4.78 is 5.49. The number of hydrogen-bond acceptors (Lipinski definition) is 4. The smallest absolute Gasteiger partial charge is 0.275 e. The molecule has 6 heteroatoms. The average Bonchev–Trinajstić information content (AvgIpc) is 3.37. The molecule has 2 aromatic heterocycles. The molecule has 0 radical (unpaired) electrons. The Morgan fingerprint density at radius 1 is 1.19 bits per heavy atom. The molecule has 3 aromatic rings. The van der Waals surface area contributed by atoms with Gasteiger partial charge in [0.05, 0.1) is 20.2 Å². The quantitative estimate of drug-likeness (QED) is 0.696. The van der Waals surface area contributed by atoms with E-state index in [0.717, 1.165) is 53.1 Å². The summed E-state index contributed by atoms with van der Waals surface area (Å²) in [6.45, 7) is 1.05. The summed E-state index contributed by atoms with van der Waals surface area (Å²) in [5.41, 5.74) is 3.80. The predicted octanol–water partition coefficient (Wildman–Crippen LogP) is 4.20. The third kappa shape index (κ3) is 3.76. The molecular weight excluding hydrogens is 358 g/mol. The number of fused-ring (bicyclic) bond motifs is 1. The molecule has 0 saturated carbocycles. The summed E-state index contributed by atoms with van der Waals surface area (Å²) in [7, 11) is 1.66. The summed E-state index contributed by atoms with van der Waals surface area (Å²) >= 11 is 1.66. The van der Waals surface area contributed by atoms with Crippen molar-refractivity contribution in [3.05, 3.63) is 69.2 Å². The summed E-state index contributed by atoms with van der Waals surface area (Å²) in [4.78, 5) is 16.4. The molecule has 2 heterocycles. The first-order valence-electron chi connectivity index (χ1n) is 9.26. The van der Waals surface area contributed by atoms with E-state index < -0.39 is 0 Å². The van der Waals surface area contributed by atoms with Crippen molar-refractivity contribution in [1.29, 1.82) is 0 Å². The zero-order chi connectivity index (χ0) is 18.6. The van der Waals surface area contributed by atoms with Crippen molar-refractivity contribution < 1.29 is 9.53 Å². The van der Waals surface area contributed by atoms with Gasteiger partial charge in [0.15, 0.2) is 5.69 Å².